The molecule has 0 bridgehead atoms. The number of benzene rings is 2. The van der Waals surface area contributed by atoms with Gasteiger partial charge in [0.05, 0.1) is 12.1 Å². The average molecular weight is 423 g/mol. The first-order valence-corrected chi connectivity index (χ1v) is 9.64. The third-order valence-corrected chi connectivity index (χ3v) is 5.17. The lowest BCUT2D eigenvalue weighted by Crippen LogP contribution is -2.22. The Labute approximate surface area is 177 Å². The lowest BCUT2D eigenvalue weighted by atomic mass is 10.00. The van der Waals surface area contributed by atoms with Gasteiger partial charge in [0, 0.05) is 25.5 Å². The topological polar surface area (TPSA) is 70.8 Å². The number of aliphatic hydroxyl groups is 1. The van der Waals surface area contributed by atoms with Crippen LogP contribution in [0.15, 0.2) is 70.3 Å². The number of aliphatic hydroxyl groups excluding tert-OH is 1. The Balaban J connectivity index is 1.70. The predicted octanol–water partition coefficient (Wildman–Crippen LogP) is 4.21. The first kappa shape index (κ1) is 20.5. The maximum Gasteiger partial charge on any atom is 0.289 e. The average Bonchev–Trinajstić information content (AvgIpc) is 3.26. The molecule has 0 radical (unpaired) electrons. The molecule has 0 saturated heterocycles. The second-order valence-corrected chi connectivity index (χ2v) is 7.49. The summed E-state index contributed by atoms with van der Waals surface area (Å²) in [5, 5.41) is 10.1. The number of hydrogen-bond donors (Lipinski definition) is 1. The van der Waals surface area contributed by atoms with Crippen LogP contribution in [0.3, 0.4) is 0 Å². The van der Waals surface area contributed by atoms with Gasteiger partial charge in [-0.1, -0.05) is 24.3 Å². The van der Waals surface area contributed by atoms with Gasteiger partial charge in [-0.3, -0.25) is 9.59 Å². The zero-order valence-electron chi connectivity index (χ0n) is 16.7. The maximum atomic E-state index is 13.3. The van der Waals surface area contributed by atoms with E-state index in [0.29, 0.717) is 24.2 Å². The molecular formula is C24H19F2NO4. The molecular weight excluding hydrogens is 404 g/mol. The molecule has 1 aromatic heterocycles. The molecule has 0 spiro atoms. The van der Waals surface area contributed by atoms with E-state index >= 15 is 0 Å². The van der Waals surface area contributed by atoms with Gasteiger partial charge in [-0.2, -0.15) is 0 Å². The zero-order chi connectivity index (χ0) is 22.1. The fraction of sp³-hybridized carbons (Fsp3) is 0.167. The highest BCUT2D eigenvalue weighted by atomic mass is 19.1. The van der Waals surface area contributed by atoms with Crippen LogP contribution in [-0.4, -0.2) is 35.3 Å². The van der Waals surface area contributed by atoms with Crippen molar-refractivity contribution in [3.63, 3.8) is 0 Å². The highest BCUT2D eigenvalue weighted by Gasteiger charge is 2.34. The van der Waals surface area contributed by atoms with Crippen molar-refractivity contribution in [3.05, 3.63) is 106 Å². The normalized spacial score (nSPS) is 13.9. The number of carbonyl (C=O) groups is 2. The summed E-state index contributed by atoms with van der Waals surface area (Å²) in [5.74, 6) is -2.01. The van der Waals surface area contributed by atoms with E-state index in [2.05, 4.69) is 0 Å². The first-order valence-electron chi connectivity index (χ1n) is 9.64. The summed E-state index contributed by atoms with van der Waals surface area (Å²) in [6.07, 6.45) is 0.625. The van der Waals surface area contributed by atoms with Gasteiger partial charge in [-0.05, 0) is 41.5 Å². The van der Waals surface area contributed by atoms with E-state index in [1.54, 1.807) is 30.3 Å². The van der Waals surface area contributed by atoms with Crippen LogP contribution in [0, 0.1) is 11.6 Å². The Morgan fingerprint density at radius 2 is 1.55 bits per heavy atom. The van der Waals surface area contributed by atoms with Gasteiger partial charge in [0.1, 0.15) is 17.4 Å². The molecule has 31 heavy (non-hydrogen) atoms. The molecule has 1 N–H and O–H groups in total. The van der Waals surface area contributed by atoms with Crippen LogP contribution in [0.25, 0.3) is 0 Å². The Morgan fingerprint density at radius 1 is 1.00 bits per heavy atom. The fourth-order valence-electron chi connectivity index (χ4n) is 3.53. The van der Waals surface area contributed by atoms with Crippen molar-refractivity contribution in [1.29, 1.82) is 0 Å². The molecule has 158 valence electrons. The molecule has 1 aliphatic rings. The molecule has 1 aliphatic heterocycles. The highest BCUT2D eigenvalue weighted by Crippen LogP contribution is 2.27. The minimum Gasteiger partial charge on any atom is -0.503 e. The third-order valence-electron chi connectivity index (χ3n) is 5.17. The number of hydrogen-bond acceptors (Lipinski definition) is 4. The van der Waals surface area contributed by atoms with Crippen LogP contribution in [0.2, 0.25) is 0 Å². The molecule has 3 aromatic rings. The second-order valence-electron chi connectivity index (χ2n) is 7.49. The summed E-state index contributed by atoms with van der Waals surface area (Å²) in [5.41, 5.74) is 2.08. The first-order chi connectivity index (χ1) is 14.8. The van der Waals surface area contributed by atoms with Crippen molar-refractivity contribution in [3.8, 4) is 0 Å². The van der Waals surface area contributed by atoms with Crippen LogP contribution >= 0.6 is 0 Å². The third kappa shape index (κ3) is 4.26. The van der Waals surface area contributed by atoms with Crippen molar-refractivity contribution in [2.75, 3.05) is 13.6 Å². The standard InChI is InChI=1S/C24H19F2NO4/c1-27-13-20(22(29)24(27)30)21(28)23-16(10-14-2-6-17(25)7-3-14)12-19(31-23)11-15-4-8-18(26)9-5-15/h2-9,12,29H,10-11,13H2,1H3. The molecule has 0 atom stereocenters. The highest BCUT2D eigenvalue weighted by molar-refractivity contribution is 6.14. The van der Waals surface area contributed by atoms with Gasteiger partial charge in [0.2, 0.25) is 5.78 Å². The van der Waals surface area contributed by atoms with E-state index in [0.717, 1.165) is 11.1 Å². The number of Topliss-reactive ketones (excluding diaryl/α,β-unsaturated/α-hetero) is 1. The molecule has 0 unspecified atom stereocenters. The van der Waals surface area contributed by atoms with Crippen molar-refractivity contribution in [1.82, 2.24) is 4.90 Å². The van der Waals surface area contributed by atoms with Crippen LogP contribution in [0.1, 0.15) is 33.0 Å². The quantitative estimate of drug-likeness (QED) is 0.603. The van der Waals surface area contributed by atoms with E-state index < -0.39 is 17.4 Å². The summed E-state index contributed by atoms with van der Waals surface area (Å²) in [6.45, 7) is -0.0204. The summed E-state index contributed by atoms with van der Waals surface area (Å²) in [4.78, 5) is 26.3. The molecule has 2 aromatic carbocycles. The number of carbonyl (C=O) groups excluding carboxylic acids is 2. The Hall–Kier alpha value is -3.74. The molecule has 5 nitrogen and oxygen atoms in total. The van der Waals surface area contributed by atoms with Crippen molar-refractivity contribution >= 4 is 11.7 Å². The van der Waals surface area contributed by atoms with E-state index in [1.165, 1.54) is 36.2 Å². The minimum atomic E-state index is -0.624. The molecule has 0 fully saturated rings. The predicted molar refractivity (Wildman–Crippen MR) is 109 cm³/mol. The van der Waals surface area contributed by atoms with Gasteiger partial charge >= 0.3 is 0 Å². The summed E-state index contributed by atoms with van der Waals surface area (Å²) < 4.78 is 32.3. The molecule has 2 heterocycles. The lowest BCUT2D eigenvalue weighted by molar-refractivity contribution is -0.126. The molecule has 1 amide bonds. The summed E-state index contributed by atoms with van der Waals surface area (Å²) in [7, 11) is 1.49. The van der Waals surface area contributed by atoms with Gasteiger partial charge in [0.15, 0.2) is 11.5 Å². The second kappa shape index (κ2) is 8.18. The molecule has 7 heteroatoms. The number of rotatable bonds is 6. The van der Waals surface area contributed by atoms with Crippen LogP contribution < -0.4 is 0 Å². The number of furan rings is 1. The van der Waals surface area contributed by atoms with Crippen molar-refractivity contribution < 1.29 is 27.9 Å². The van der Waals surface area contributed by atoms with Gasteiger partial charge in [0.25, 0.3) is 5.91 Å². The zero-order valence-corrected chi connectivity index (χ0v) is 16.7. The monoisotopic (exact) mass is 423 g/mol. The van der Waals surface area contributed by atoms with E-state index in [4.69, 9.17) is 4.42 Å². The summed E-state index contributed by atoms with van der Waals surface area (Å²) in [6, 6.07) is 13.5. The number of ketones is 1. The van der Waals surface area contributed by atoms with Gasteiger partial charge in [-0.25, -0.2) is 8.78 Å². The number of halogens is 2. The Morgan fingerprint density at radius 3 is 2.06 bits per heavy atom. The number of nitrogens with zero attached hydrogens (tertiary/aromatic N) is 1. The Kier molecular flexibility index (Phi) is 5.42. The van der Waals surface area contributed by atoms with E-state index in [1.807, 2.05) is 0 Å². The van der Waals surface area contributed by atoms with Crippen LogP contribution in [-0.2, 0) is 17.6 Å². The maximum absolute atomic E-state index is 13.3. The summed E-state index contributed by atoms with van der Waals surface area (Å²) >= 11 is 0. The molecule has 0 aliphatic carbocycles. The molecule has 4 rings (SSSR count). The van der Waals surface area contributed by atoms with Gasteiger partial charge in [-0.15, -0.1) is 0 Å². The fourth-order valence-corrected chi connectivity index (χ4v) is 3.53. The van der Waals surface area contributed by atoms with Crippen LogP contribution in [0.4, 0.5) is 8.78 Å². The van der Waals surface area contributed by atoms with Gasteiger partial charge < -0.3 is 14.4 Å². The smallest absolute Gasteiger partial charge is 0.289 e. The van der Waals surface area contributed by atoms with Crippen molar-refractivity contribution in [2.24, 2.45) is 0 Å². The van der Waals surface area contributed by atoms with E-state index in [-0.39, 0.29) is 29.5 Å². The minimum absolute atomic E-state index is 0.0195. The SMILES string of the molecule is CN1CC(C(=O)c2oc(Cc3ccc(F)cc3)cc2Cc2ccc(F)cc2)=C(O)C1=O. The van der Waals surface area contributed by atoms with Crippen molar-refractivity contribution in [2.45, 2.75) is 12.8 Å². The Bertz CT molecular complexity index is 1180. The van der Waals surface area contributed by atoms with E-state index in [9.17, 15) is 23.5 Å². The molecule has 0 saturated carbocycles. The lowest BCUT2D eigenvalue weighted by Gasteiger charge is -2.07. The number of amides is 1. The van der Waals surface area contributed by atoms with Crippen LogP contribution in [0.5, 0.6) is 0 Å². The number of likely N-dealkylation sites (N-methyl/N-ethyl adjacent to an activating group) is 1. The largest absolute Gasteiger partial charge is 0.503 e.